The molecule has 1 aromatic rings. The Bertz CT molecular complexity index is 649. The molecule has 0 saturated carbocycles. The molecule has 0 bridgehead atoms. The molecule has 1 aromatic heterocycles. The highest BCUT2D eigenvalue weighted by molar-refractivity contribution is 9.11. The number of nitrogens with zero attached hydrogens (tertiary/aromatic N) is 2. The third-order valence-electron chi connectivity index (χ3n) is 3.22. The number of amides is 2. The van der Waals surface area contributed by atoms with Gasteiger partial charge in [-0.2, -0.15) is 18.2 Å². The Morgan fingerprint density at radius 3 is 2.23 bits per heavy atom. The minimum absolute atomic E-state index is 0.135. The van der Waals surface area contributed by atoms with E-state index < -0.39 is 36.4 Å². The predicted molar refractivity (Wildman–Crippen MR) is 95.6 cm³/mol. The first-order valence-electron chi connectivity index (χ1n) is 7.55. The second-order valence-electron chi connectivity index (χ2n) is 5.83. The summed E-state index contributed by atoms with van der Waals surface area (Å²) in [6.07, 6.45) is -6.39. The summed E-state index contributed by atoms with van der Waals surface area (Å²) in [6, 6.07) is 2.31. The average Bonchev–Trinajstić information content (AvgIpc) is 2.47. The van der Waals surface area contributed by atoms with Crippen LogP contribution in [-0.2, 0) is 4.79 Å². The topological polar surface area (TPSA) is 71.5 Å². The van der Waals surface area contributed by atoms with E-state index in [0.29, 0.717) is 15.0 Å². The summed E-state index contributed by atoms with van der Waals surface area (Å²) in [5, 5.41) is 3.35. The van der Waals surface area contributed by atoms with Crippen molar-refractivity contribution in [2.24, 2.45) is 0 Å². The van der Waals surface area contributed by atoms with Gasteiger partial charge in [0.2, 0.25) is 0 Å². The highest BCUT2D eigenvalue weighted by atomic mass is 79.9. The molecule has 0 aliphatic carbocycles. The van der Waals surface area contributed by atoms with Crippen molar-refractivity contribution >= 4 is 43.7 Å². The van der Waals surface area contributed by atoms with E-state index in [1.54, 1.807) is 6.92 Å². The fourth-order valence-electron chi connectivity index (χ4n) is 1.84. The van der Waals surface area contributed by atoms with Gasteiger partial charge in [-0.1, -0.05) is 0 Å². The number of urea groups is 1. The summed E-state index contributed by atoms with van der Waals surface area (Å²) >= 11 is 6.37. The van der Waals surface area contributed by atoms with E-state index in [-0.39, 0.29) is 6.54 Å². The third kappa shape index (κ3) is 7.48. The minimum Gasteiger partial charge on any atom is -0.375 e. The molecule has 0 aromatic carbocycles. The number of aromatic nitrogens is 1. The molecule has 146 valence electrons. The molecule has 1 N–H and O–H groups in total. The largest absolute Gasteiger partial charge is 0.389 e. The lowest BCUT2D eigenvalue weighted by molar-refractivity contribution is -0.145. The summed E-state index contributed by atoms with van der Waals surface area (Å²) in [4.78, 5) is 33.8. The van der Waals surface area contributed by atoms with Crippen molar-refractivity contribution in [3.05, 3.63) is 21.3 Å². The van der Waals surface area contributed by atoms with Gasteiger partial charge in [0.1, 0.15) is 9.21 Å². The third-order valence-corrected chi connectivity index (χ3v) is 4.03. The van der Waals surface area contributed by atoms with Gasteiger partial charge in [-0.25, -0.2) is 9.78 Å². The van der Waals surface area contributed by atoms with E-state index in [0.717, 1.165) is 5.06 Å². The van der Waals surface area contributed by atoms with Gasteiger partial charge in [-0.3, -0.25) is 4.79 Å². The van der Waals surface area contributed by atoms with Crippen LogP contribution < -0.4 is 10.2 Å². The smallest absolute Gasteiger partial charge is 0.375 e. The molecule has 1 rings (SSSR count). The van der Waals surface area contributed by atoms with Gasteiger partial charge in [-0.15, -0.1) is 0 Å². The van der Waals surface area contributed by atoms with Crippen LogP contribution in [0.1, 0.15) is 33.6 Å². The molecule has 1 heterocycles. The van der Waals surface area contributed by atoms with Gasteiger partial charge < -0.3 is 10.2 Å². The Kier molecular flexibility index (Phi) is 7.87. The number of Topliss-reactive ketones (excluding diaryl/α,β-unsaturated/α-hetero) is 1. The summed E-state index contributed by atoms with van der Waals surface area (Å²) in [7, 11) is 0. The van der Waals surface area contributed by atoms with Crippen LogP contribution in [0, 0.1) is 0 Å². The molecule has 0 radical (unpaired) electrons. The number of hydrogen-bond donors (Lipinski definition) is 1. The highest BCUT2D eigenvalue weighted by Gasteiger charge is 2.35. The number of hydrogen-bond acceptors (Lipinski definition) is 4. The summed E-state index contributed by atoms with van der Waals surface area (Å²) in [5.74, 6) is -0.425. The second kappa shape index (κ2) is 9.03. The van der Waals surface area contributed by atoms with Crippen LogP contribution >= 0.6 is 31.9 Å². The number of hydroxylamine groups is 2. The number of ketones is 1. The maximum atomic E-state index is 12.3. The van der Waals surface area contributed by atoms with Crippen LogP contribution in [0.4, 0.5) is 18.0 Å². The van der Waals surface area contributed by atoms with Crippen molar-refractivity contribution in [3.8, 4) is 5.75 Å². The Morgan fingerprint density at radius 1 is 1.23 bits per heavy atom. The van der Waals surface area contributed by atoms with E-state index in [9.17, 15) is 22.8 Å². The number of pyridine rings is 1. The van der Waals surface area contributed by atoms with Crippen molar-refractivity contribution in [2.75, 3.05) is 6.54 Å². The highest BCUT2D eigenvalue weighted by Crippen LogP contribution is 2.24. The molecule has 0 aliphatic rings. The zero-order chi connectivity index (χ0) is 20.1. The van der Waals surface area contributed by atoms with Crippen molar-refractivity contribution in [2.45, 2.75) is 45.3 Å². The Hall–Kier alpha value is -1.36. The fourth-order valence-corrected chi connectivity index (χ4v) is 2.91. The maximum Gasteiger partial charge on any atom is 0.389 e. The summed E-state index contributed by atoms with van der Waals surface area (Å²) < 4.78 is 37.8. The lowest BCUT2D eigenvalue weighted by Crippen LogP contribution is -2.55. The van der Waals surface area contributed by atoms with Crippen molar-refractivity contribution in [1.29, 1.82) is 0 Å². The van der Waals surface area contributed by atoms with Crippen LogP contribution in [-0.4, -0.2) is 40.1 Å². The van der Waals surface area contributed by atoms with Crippen LogP contribution in [0.15, 0.2) is 21.3 Å². The van der Waals surface area contributed by atoms with Gasteiger partial charge >= 0.3 is 12.2 Å². The van der Waals surface area contributed by atoms with Gasteiger partial charge in [0.25, 0.3) is 0 Å². The SMILES string of the molecule is CCN(Oc1cc(Br)nc(Br)c1)C(=O)NC(C)(C)C(=O)CCC(F)(F)F. The lowest BCUT2D eigenvalue weighted by atomic mass is 9.95. The number of halogens is 5. The number of carbonyl (C=O) groups is 2. The first-order valence-corrected chi connectivity index (χ1v) is 9.13. The minimum atomic E-state index is -4.43. The quantitative estimate of drug-likeness (QED) is 0.434. The number of nitrogens with one attached hydrogen (secondary N) is 1. The van der Waals surface area contributed by atoms with Gasteiger partial charge in [0.05, 0.1) is 18.5 Å². The fraction of sp³-hybridized carbons (Fsp3) is 0.533. The molecule has 6 nitrogen and oxygen atoms in total. The number of carbonyl (C=O) groups excluding carboxylic acids is 2. The Labute approximate surface area is 165 Å². The van der Waals surface area contributed by atoms with Crippen LogP contribution in [0.3, 0.4) is 0 Å². The predicted octanol–water partition coefficient (Wildman–Crippen LogP) is 4.62. The molecule has 0 atom stereocenters. The van der Waals surface area contributed by atoms with Gasteiger partial charge in [-0.05, 0) is 52.6 Å². The van der Waals surface area contributed by atoms with Gasteiger partial charge in [0.15, 0.2) is 11.5 Å². The second-order valence-corrected chi connectivity index (χ2v) is 7.45. The Balaban J connectivity index is 2.76. The molecular weight excluding hydrogens is 487 g/mol. The van der Waals surface area contributed by atoms with Crippen molar-refractivity contribution in [3.63, 3.8) is 0 Å². The molecule has 0 spiro atoms. The maximum absolute atomic E-state index is 12.3. The molecule has 26 heavy (non-hydrogen) atoms. The molecule has 0 fully saturated rings. The lowest BCUT2D eigenvalue weighted by Gasteiger charge is -2.29. The first kappa shape index (κ1) is 22.7. The molecule has 0 unspecified atom stereocenters. The van der Waals surface area contributed by atoms with Crippen molar-refractivity contribution in [1.82, 2.24) is 15.4 Å². The first-order chi connectivity index (χ1) is 11.8. The van der Waals surface area contributed by atoms with Gasteiger partial charge in [0, 0.05) is 18.6 Å². The number of alkyl halides is 3. The Morgan fingerprint density at radius 2 is 1.77 bits per heavy atom. The number of rotatable bonds is 7. The van der Waals surface area contributed by atoms with Crippen molar-refractivity contribution < 1.29 is 27.6 Å². The normalized spacial score (nSPS) is 11.8. The molecule has 11 heteroatoms. The average molecular weight is 505 g/mol. The van der Waals surface area contributed by atoms with E-state index in [4.69, 9.17) is 4.84 Å². The zero-order valence-corrected chi connectivity index (χ0v) is 17.5. The van der Waals surface area contributed by atoms with E-state index in [2.05, 4.69) is 42.2 Å². The van der Waals surface area contributed by atoms with E-state index in [1.165, 1.54) is 26.0 Å². The molecule has 2 amide bonds. The molecular formula is C15H18Br2F3N3O3. The monoisotopic (exact) mass is 503 g/mol. The van der Waals surface area contributed by atoms with Crippen LogP contribution in [0.5, 0.6) is 5.75 Å². The van der Waals surface area contributed by atoms with E-state index >= 15 is 0 Å². The van der Waals surface area contributed by atoms with Crippen LogP contribution in [0.25, 0.3) is 0 Å². The standard InChI is InChI=1S/C15H18Br2F3N3O3/c1-4-23(26-9-7-11(16)21-12(17)8-9)13(25)22-14(2,3)10(24)5-6-15(18,19)20/h7-8H,4-6H2,1-3H3,(H,22,25). The molecule has 0 aliphatic heterocycles. The van der Waals surface area contributed by atoms with E-state index in [1.807, 2.05) is 0 Å². The molecule has 0 saturated heterocycles. The van der Waals surface area contributed by atoms with Crippen LogP contribution in [0.2, 0.25) is 0 Å². The summed E-state index contributed by atoms with van der Waals surface area (Å²) in [6.45, 7) is 4.47. The zero-order valence-electron chi connectivity index (χ0n) is 14.3. The summed E-state index contributed by atoms with van der Waals surface area (Å²) in [5.41, 5.74) is -1.47.